The largest absolute Gasteiger partial charge is 0.459 e. The van der Waals surface area contributed by atoms with Gasteiger partial charge in [0.25, 0.3) is 0 Å². The molecule has 0 saturated carbocycles. The molecule has 1 atom stereocenters. The summed E-state index contributed by atoms with van der Waals surface area (Å²) in [5.41, 5.74) is 1.23. The lowest BCUT2D eigenvalue weighted by Gasteiger charge is -2.17. The highest BCUT2D eigenvalue weighted by Crippen LogP contribution is 2.36. The molecule has 2 heterocycles. The molecule has 7 heteroatoms. The zero-order chi connectivity index (χ0) is 16.4. The van der Waals surface area contributed by atoms with Crippen LogP contribution >= 0.6 is 0 Å². The highest BCUT2D eigenvalue weighted by molar-refractivity contribution is 7.90. The van der Waals surface area contributed by atoms with E-state index < -0.39 is 21.2 Å². The van der Waals surface area contributed by atoms with Crippen molar-refractivity contribution in [2.45, 2.75) is 18.3 Å². The molecule has 1 aliphatic rings. The number of hydrogen-bond acceptors (Lipinski definition) is 5. The van der Waals surface area contributed by atoms with Crippen LogP contribution < -0.4 is 0 Å². The van der Waals surface area contributed by atoms with Gasteiger partial charge in [0.2, 0.25) is 10.0 Å². The van der Waals surface area contributed by atoms with Crippen LogP contribution in [0.2, 0.25) is 0 Å². The van der Waals surface area contributed by atoms with Gasteiger partial charge in [0, 0.05) is 19.2 Å². The number of hydrogen-bond donors (Lipinski definition) is 0. The third-order valence-corrected chi connectivity index (χ3v) is 6.09. The normalized spacial score (nSPS) is 19.9. The van der Waals surface area contributed by atoms with Crippen LogP contribution in [-0.2, 0) is 21.4 Å². The number of furan rings is 1. The summed E-state index contributed by atoms with van der Waals surface area (Å²) in [5.74, 6) is -0.621. The summed E-state index contributed by atoms with van der Waals surface area (Å²) in [4.78, 5) is 12.6. The van der Waals surface area contributed by atoms with E-state index in [1.807, 2.05) is 6.07 Å². The lowest BCUT2D eigenvalue weighted by molar-refractivity contribution is 0.0833. The maximum Gasteiger partial charge on any atom is 0.303 e. The topological polar surface area (TPSA) is 76.8 Å². The number of carbonyl (C=O) groups excluding carboxylic acids is 1. The van der Waals surface area contributed by atoms with E-state index >= 15 is 0 Å². The van der Waals surface area contributed by atoms with E-state index in [4.69, 9.17) is 9.15 Å². The van der Waals surface area contributed by atoms with Crippen LogP contribution in [0.4, 0.5) is 0 Å². The Morgan fingerprint density at radius 2 is 2.04 bits per heavy atom. The Balaban J connectivity index is 1.90. The fourth-order valence-electron chi connectivity index (χ4n) is 2.79. The summed E-state index contributed by atoms with van der Waals surface area (Å²) < 4.78 is 36.6. The monoisotopic (exact) mass is 335 g/mol. The lowest BCUT2D eigenvalue weighted by atomic mass is 10.1. The van der Waals surface area contributed by atoms with E-state index in [1.165, 1.54) is 13.4 Å². The second kappa shape index (κ2) is 6.17. The third-order valence-electron chi connectivity index (χ3n) is 3.90. The van der Waals surface area contributed by atoms with Crippen molar-refractivity contribution in [3.05, 3.63) is 59.5 Å². The molecule has 1 aliphatic heterocycles. The van der Waals surface area contributed by atoms with Gasteiger partial charge in [-0.2, -0.15) is 0 Å². The van der Waals surface area contributed by atoms with Crippen LogP contribution in [0.1, 0.15) is 33.4 Å². The number of ether oxygens (including phenoxy) is 1. The molecule has 1 saturated heterocycles. The molecule has 1 amide bonds. The summed E-state index contributed by atoms with van der Waals surface area (Å²) >= 11 is 0. The van der Waals surface area contributed by atoms with Gasteiger partial charge in [-0.1, -0.05) is 30.3 Å². The predicted octanol–water partition coefficient (Wildman–Crippen LogP) is 2.34. The van der Waals surface area contributed by atoms with Gasteiger partial charge in [-0.25, -0.2) is 12.7 Å². The minimum atomic E-state index is -3.75. The number of carbonyl (C=O) groups is 1. The van der Waals surface area contributed by atoms with Gasteiger partial charge >= 0.3 is 5.91 Å². The van der Waals surface area contributed by atoms with Gasteiger partial charge in [0.15, 0.2) is 5.76 Å². The lowest BCUT2D eigenvalue weighted by Crippen LogP contribution is -2.33. The van der Waals surface area contributed by atoms with Crippen LogP contribution in [0.3, 0.4) is 0 Å². The summed E-state index contributed by atoms with van der Waals surface area (Å²) in [6.07, 6.45) is 1.73. The maximum atomic E-state index is 12.7. The van der Waals surface area contributed by atoms with Gasteiger partial charge in [0.05, 0.1) is 12.9 Å². The molecule has 1 unspecified atom stereocenters. The van der Waals surface area contributed by atoms with Crippen LogP contribution in [0.15, 0.2) is 47.1 Å². The molecular formula is C16H17NO5S. The summed E-state index contributed by atoms with van der Waals surface area (Å²) in [6.45, 7) is 0.335. The van der Waals surface area contributed by atoms with Crippen molar-refractivity contribution in [3.8, 4) is 0 Å². The third kappa shape index (κ3) is 2.77. The fourth-order valence-corrected chi connectivity index (χ4v) is 4.68. The molecule has 6 nitrogen and oxygen atoms in total. The van der Waals surface area contributed by atoms with E-state index in [1.54, 1.807) is 30.3 Å². The zero-order valence-electron chi connectivity index (χ0n) is 12.6. The molecule has 1 aromatic heterocycles. The van der Waals surface area contributed by atoms with Crippen molar-refractivity contribution in [2.75, 3.05) is 13.7 Å². The summed E-state index contributed by atoms with van der Waals surface area (Å²) in [5, 5.41) is -0.700. The molecule has 23 heavy (non-hydrogen) atoms. The Morgan fingerprint density at radius 3 is 2.74 bits per heavy atom. The van der Waals surface area contributed by atoms with Crippen molar-refractivity contribution >= 4 is 15.9 Å². The minimum Gasteiger partial charge on any atom is -0.459 e. The van der Waals surface area contributed by atoms with Gasteiger partial charge in [-0.3, -0.25) is 4.79 Å². The van der Waals surface area contributed by atoms with E-state index in [2.05, 4.69) is 0 Å². The van der Waals surface area contributed by atoms with Crippen molar-refractivity contribution < 1.29 is 22.4 Å². The van der Waals surface area contributed by atoms with Crippen LogP contribution in [0, 0.1) is 0 Å². The molecule has 1 aromatic carbocycles. The first-order chi connectivity index (χ1) is 11.1. The van der Waals surface area contributed by atoms with Crippen molar-refractivity contribution in [3.63, 3.8) is 0 Å². The number of sulfonamides is 1. The fraction of sp³-hybridized carbons (Fsp3) is 0.312. The molecule has 0 aliphatic carbocycles. The SMILES string of the molecule is COCc1ccoc1C(=O)N1CCC(c2ccccc2)S1(=O)=O. The first-order valence-corrected chi connectivity index (χ1v) is 8.72. The van der Waals surface area contributed by atoms with Gasteiger partial charge in [0.1, 0.15) is 5.25 Å². The van der Waals surface area contributed by atoms with Crippen LogP contribution in [-0.4, -0.2) is 32.3 Å². The Hall–Kier alpha value is -2.12. The highest BCUT2D eigenvalue weighted by Gasteiger charge is 2.43. The van der Waals surface area contributed by atoms with Gasteiger partial charge < -0.3 is 9.15 Å². The average molecular weight is 335 g/mol. The Labute approximate surface area is 134 Å². The van der Waals surface area contributed by atoms with Gasteiger partial charge in [-0.15, -0.1) is 0 Å². The number of nitrogens with zero attached hydrogens (tertiary/aromatic N) is 1. The van der Waals surface area contributed by atoms with Crippen LogP contribution in [0.5, 0.6) is 0 Å². The van der Waals surface area contributed by atoms with Crippen molar-refractivity contribution in [1.29, 1.82) is 0 Å². The smallest absolute Gasteiger partial charge is 0.303 e. The summed E-state index contributed by atoms with van der Waals surface area (Å²) in [6, 6.07) is 10.5. The van der Waals surface area contributed by atoms with Crippen LogP contribution in [0.25, 0.3) is 0 Å². The van der Waals surface area contributed by atoms with E-state index in [0.29, 0.717) is 17.5 Å². The quantitative estimate of drug-likeness (QED) is 0.857. The second-order valence-corrected chi connectivity index (χ2v) is 7.36. The molecule has 1 fully saturated rings. The first kappa shape index (κ1) is 15.8. The van der Waals surface area contributed by atoms with E-state index in [-0.39, 0.29) is 18.9 Å². The molecule has 0 spiro atoms. The molecular weight excluding hydrogens is 318 g/mol. The Bertz CT molecular complexity index is 797. The van der Waals surface area contributed by atoms with E-state index in [9.17, 15) is 13.2 Å². The number of benzene rings is 1. The molecule has 0 N–H and O–H groups in total. The summed E-state index contributed by atoms with van der Waals surface area (Å²) in [7, 11) is -2.26. The highest BCUT2D eigenvalue weighted by atomic mass is 32.2. The minimum absolute atomic E-state index is 0.0177. The number of methoxy groups -OCH3 is 1. The zero-order valence-corrected chi connectivity index (χ0v) is 13.5. The molecule has 0 bridgehead atoms. The Kier molecular flexibility index (Phi) is 4.23. The molecule has 122 valence electrons. The average Bonchev–Trinajstić information content (AvgIpc) is 3.12. The predicted molar refractivity (Wildman–Crippen MR) is 83.2 cm³/mol. The second-order valence-electron chi connectivity index (χ2n) is 5.32. The molecule has 0 radical (unpaired) electrons. The van der Waals surface area contributed by atoms with E-state index in [0.717, 1.165) is 4.31 Å². The number of amides is 1. The van der Waals surface area contributed by atoms with Crippen molar-refractivity contribution in [2.24, 2.45) is 0 Å². The van der Waals surface area contributed by atoms with Crippen molar-refractivity contribution in [1.82, 2.24) is 4.31 Å². The maximum absolute atomic E-state index is 12.7. The Morgan fingerprint density at radius 1 is 1.30 bits per heavy atom. The molecule has 3 rings (SSSR count). The standard InChI is InChI=1S/C16H17NO5S/c1-21-11-13-8-10-22-15(13)16(18)17-9-7-14(23(17,19)20)12-5-3-2-4-6-12/h2-6,8,10,14H,7,9,11H2,1H3. The first-order valence-electron chi connectivity index (χ1n) is 7.22. The molecule has 2 aromatic rings. The van der Waals surface area contributed by atoms with Gasteiger partial charge in [-0.05, 0) is 18.1 Å². The number of rotatable bonds is 4.